The maximum atomic E-state index is 13.2. The quantitative estimate of drug-likeness (QED) is 0.645. The molecule has 0 radical (unpaired) electrons. The highest BCUT2D eigenvalue weighted by Crippen LogP contribution is 2.37. The number of hydrogen-bond acceptors (Lipinski definition) is 6. The van der Waals surface area contributed by atoms with Crippen LogP contribution < -0.4 is 5.32 Å². The third kappa shape index (κ3) is 4.51. The minimum absolute atomic E-state index is 0.0753. The molecule has 3 rings (SSSR count). The summed E-state index contributed by atoms with van der Waals surface area (Å²) in [6.45, 7) is 8.45. The van der Waals surface area contributed by atoms with E-state index in [4.69, 9.17) is 4.42 Å². The van der Waals surface area contributed by atoms with E-state index in [-0.39, 0.29) is 23.4 Å². The van der Waals surface area contributed by atoms with Gasteiger partial charge in [0.05, 0.1) is 33.9 Å². The molecule has 2 amide bonds. The molecule has 7 nitrogen and oxygen atoms in total. The van der Waals surface area contributed by atoms with Gasteiger partial charge in [-0.15, -0.1) is 0 Å². The Morgan fingerprint density at radius 3 is 2.63 bits per heavy atom. The van der Waals surface area contributed by atoms with E-state index < -0.39 is 5.25 Å². The Morgan fingerprint density at radius 2 is 2.10 bits per heavy atom. The highest BCUT2D eigenvalue weighted by molar-refractivity contribution is 8.00. The molecule has 0 aromatic carbocycles. The van der Waals surface area contributed by atoms with Crippen molar-refractivity contribution >= 4 is 23.6 Å². The van der Waals surface area contributed by atoms with Crippen LogP contribution in [0.1, 0.15) is 55.2 Å². The summed E-state index contributed by atoms with van der Waals surface area (Å²) in [5, 5.41) is 13.0. The average molecular weight is 427 g/mol. The number of pyridine rings is 1. The van der Waals surface area contributed by atoms with Crippen molar-refractivity contribution in [2.45, 2.75) is 56.9 Å². The Bertz CT molecular complexity index is 973. The molecule has 30 heavy (non-hydrogen) atoms. The van der Waals surface area contributed by atoms with E-state index in [1.165, 1.54) is 18.0 Å². The largest absolute Gasteiger partial charge is 0.464 e. The summed E-state index contributed by atoms with van der Waals surface area (Å²) in [6.07, 6.45) is 3.53. The maximum absolute atomic E-state index is 13.2. The zero-order chi connectivity index (χ0) is 21.8. The number of nitrogens with zero attached hydrogens (tertiary/aromatic N) is 3. The number of amides is 2. The number of aryl methyl sites for hydroxylation is 1. The molecule has 2 aromatic heterocycles. The monoisotopic (exact) mass is 426 g/mol. The van der Waals surface area contributed by atoms with Crippen LogP contribution in [0, 0.1) is 18.3 Å². The van der Waals surface area contributed by atoms with Crippen molar-refractivity contribution in [2.75, 3.05) is 13.1 Å². The molecule has 1 fully saturated rings. The first-order valence-electron chi connectivity index (χ1n) is 10.2. The maximum Gasteiger partial charge on any atom is 0.256 e. The van der Waals surface area contributed by atoms with Crippen LogP contribution in [0.5, 0.6) is 0 Å². The lowest BCUT2D eigenvalue weighted by atomic mass is 9.98. The first-order valence-corrected chi connectivity index (χ1v) is 11.0. The zero-order valence-corrected chi connectivity index (χ0v) is 18.5. The number of carbonyl (C=O) groups excluding carboxylic acids is 2. The number of aromatic nitrogens is 1. The molecule has 0 saturated heterocycles. The highest BCUT2D eigenvalue weighted by Gasteiger charge is 2.30. The minimum Gasteiger partial charge on any atom is -0.464 e. The summed E-state index contributed by atoms with van der Waals surface area (Å²) in [7, 11) is 0. The van der Waals surface area contributed by atoms with Gasteiger partial charge in [-0.25, -0.2) is 4.98 Å². The molecule has 158 valence electrons. The Morgan fingerprint density at radius 1 is 1.40 bits per heavy atom. The summed E-state index contributed by atoms with van der Waals surface area (Å²) in [5.74, 6) is 0.169. The average Bonchev–Trinajstić information content (AvgIpc) is 3.37. The molecule has 2 heterocycles. The van der Waals surface area contributed by atoms with Crippen LogP contribution in [0.15, 0.2) is 27.8 Å². The number of hydrogen-bond donors (Lipinski definition) is 1. The molecule has 0 bridgehead atoms. The van der Waals surface area contributed by atoms with E-state index in [0.717, 1.165) is 12.8 Å². The zero-order valence-electron chi connectivity index (χ0n) is 17.7. The van der Waals surface area contributed by atoms with Crippen LogP contribution in [0.25, 0.3) is 11.3 Å². The van der Waals surface area contributed by atoms with Gasteiger partial charge in [-0.05, 0) is 52.7 Å². The fraction of sp³-hybridized carbons (Fsp3) is 0.455. The Hall–Kier alpha value is -2.79. The molecule has 0 spiro atoms. The number of rotatable bonds is 8. The fourth-order valence-electron chi connectivity index (χ4n) is 3.23. The van der Waals surface area contributed by atoms with E-state index in [9.17, 15) is 14.9 Å². The van der Waals surface area contributed by atoms with Gasteiger partial charge in [0.2, 0.25) is 5.91 Å². The first-order chi connectivity index (χ1) is 14.4. The van der Waals surface area contributed by atoms with Gasteiger partial charge in [0, 0.05) is 19.1 Å². The summed E-state index contributed by atoms with van der Waals surface area (Å²) < 4.78 is 5.59. The van der Waals surface area contributed by atoms with Crippen molar-refractivity contribution in [3.8, 4) is 17.4 Å². The van der Waals surface area contributed by atoms with Crippen molar-refractivity contribution in [1.29, 1.82) is 5.26 Å². The van der Waals surface area contributed by atoms with Gasteiger partial charge in [0.1, 0.15) is 16.9 Å². The smallest absolute Gasteiger partial charge is 0.256 e. The van der Waals surface area contributed by atoms with E-state index in [0.29, 0.717) is 40.7 Å². The molecule has 0 unspecified atom stereocenters. The van der Waals surface area contributed by atoms with Crippen LogP contribution in [-0.2, 0) is 4.79 Å². The lowest BCUT2D eigenvalue weighted by molar-refractivity contribution is -0.120. The summed E-state index contributed by atoms with van der Waals surface area (Å²) in [5.41, 5.74) is 1.56. The van der Waals surface area contributed by atoms with Gasteiger partial charge < -0.3 is 14.6 Å². The van der Waals surface area contributed by atoms with Crippen molar-refractivity contribution in [1.82, 2.24) is 15.2 Å². The summed E-state index contributed by atoms with van der Waals surface area (Å²) in [6, 6.07) is 5.91. The first kappa shape index (κ1) is 21.9. The van der Waals surface area contributed by atoms with Gasteiger partial charge in [-0.1, -0.05) is 11.8 Å². The molecular weight excluding hydrogens is 400 g/mol. The Labute approximate surface area is 180 Å². The molecule has 1 saturated carbocycles. The highest BCUT2D eigenvalue weighted by atomic mass is 32.2. The van der Waals surface area contributed by atoms with Gasteiger partial charge in [-0.2, -0.15) is 5.26 Å². The van der Waals surface area contributed by atoms with Gasteiger partial charge in [-0.3, -0.25) is 9.59 Å². The summed E-state index contributed by atoms with van der Waals surface area (Å²) >= 11 is 1.23. The van der Waals surface area contributed by atoms with Gasteiger partial charge >= 0.3 is 0 Å². The molecule has 1 atom stereocenters. The van der Waals surface area contributed by atoms with Crippen molar-refractivity contribution in [3.63, 3.8) is 0 Å². The van der Waals surface area contributed by atoms with Crippen molar-refractivity contribution < 1.29 is 14.0 Å². The van der Waals surface area contributed by atoms with Crippen LogP contribution in [-0.4, -0.2) is 46.1 Å². The number of nitrogens with one attached hydrogen (secondary N) is 1. The van der Waals surface area contributed by atoms with Crippen LogP contribution in [0.4, 0.5) is 0 Å². The number of carbonyl (C=O) groups is 2. The fourth-order valence-corrected chi connectivity index (χ4v) is 4.20. The minimum atomic E-state index is -0.418. The van der Waals surface area contributed by atoms with Gasteiger partial charge in [0.25, 0.3) is 5.91 Å². The Balaban J connectivity index is 2.08. The predicted molar refractivity (Wildman–Crippen MR) is 115 cm³/mol. The van der Waals surface area contributed by atoms with E-state index in [1.807, 2.05) is 13.8 Å². The number of nitriles is 1. The van der Waals surface area contributed by atoms with Crippen LogP contribution in [0.3, 0.4) is 0 Å². The second-order valence-electron chi connectivity index (χ2n) is 7.24. The molecule has 8 heteroatoms. The molecular formula is C22H26N4O3S. The lowest BCUT2D eigenvalue weighted by Crippen LogP contribution is -2.33. The second kappa shape index (κ2) is 9.35. The number of furan rings is 1. The number of thioether (sulfide) groups is 1. The molecule has 0 aliphatic heterocycles. The Kier molecular flexibility index (Phi) is 6.83. The van der Waals surface area contributed by atoms with Crippen molar-refractivity contribution in [2.24, 2.45) is 0 Å². The van der Waals surface area contributed by atoms with Crippen molar-refractivity contribution in [3.05, 3.63) is 35.2 Å². The standard InChI is InChI=1S/C22H26N4O3S/c1-5-26(6-2)22(28)18-13(3)24-21(30-14(4)20(27)25-15-9-10-15)16(12-23)19(18)17-8-7-11-29-17/h7-8,11,14-15H,5-6,9-10H2,1-4H3,(H,25,27)/t14-/m1/s1. The van der Waals surface area contributed by atoms with E-state index >= 15 is 0 Å². The van der Waals surface area contributed by atoms with Gasteiger partial charge in [0.15, 0.2) is 0 Å². The SMILES string of the molecule is CCN(CC)C(=O)c1c(C)nc(S[C@H](C)C(=O)NC2CC2)c(C#N)c1-c1ccco1. The second-order valence-corrected chi connectivity index (χ2v) is 8.57. The third-order valence-electron chi connectivity index (χ3n) is 5.07. The molecule has 1 N–H and O–H groups in total. The van der Waals surface area contributed by atoms with E-state index in [1.54, 1.807) is 30.9 Å². The topological polar surface area (TPSA) is 99.2 Å². The lowest BCUT2D eigenvalue weighted by Gasteiger charge is -2.22. The molecule has 1 aliphatic rings. The molecule has 2 aromatic rings. The van der Waals surface area contributed by atoms with Crippen LogP contribution >= 0.6 is 11.8 Å². The summed E-state index contributed by atoms with van der Waals surface area (Å²) in [4.78, 5) is 31.9. The predicted octanol–water partition coefficient (Wildman–Crippen LogP) is 3.76. The van der Waals surface area contributed by atoms with Crippen LogP contribution in [0.2, 0.25) is 0 Å². The molecule has 1 aliphatic carbocycles. The van der Waals surface area contributed by atoms with E-state index in [2.05, 4.69) is 16.4 Å². The third-order valence-corrected chi connectivity index (χ3v) is 6.16. The normalized spacial score (nSPS) is 14.1.